The van der Waals surface area contributed by atoms with Gasteiger partial charge in [-0.05, 0) is 54.3 Å². The van der Waals surface area contributed by atoms with E-state index in [9.17, 15) is 8.42 Å². The van der Waals surface area contributed by atoms with Crippen LogP contribution < -0.4 is 13.8 Å². The van der Waals surface area contributed by atoms with Gasteiger partial charge in [-0.1, -0.05) is 12.1 Å². The Morgan fingerprint density at radius 2 is 1.87 bits per heavy atom. The number of benzene rings is 2. The lowest BCUT2D eigenvalue weighted by molar-refractivity contribution is 0.171. The lowest BCUT2D eigenvalue weighted by atomic mass is 10.1. The Morgan fingerprint density at radius 1 is 1.03 bits per heavy atom. The molecule has 6 nitrogen and oxygen atoms in total. The molecule has 0 saturated carbocycles. The number of rotatable bonds is 5. The van der Waals surface area contributed by atoms with Gasteiger partial charge < -0.3 is 9.47 Å². The third-order valence-electron chi connectivity index (χ3n) is 5.19. The van der Waals surface area contributed by atoms with Crippen LogP contribution in [-0.4, -0.2) is 26.6 Å². The minimum Gasteiger partial charge on any atom is -0.486 e. The molecule has 0 aliphatic carbocycles. The highest BCUT2D eigenvalue weighted by molar-refractivity contribution is 7.93. The summed E-state index contributed by atoms with van der Waals surface area (Å²) in [6.45, 7) is 3.06. The van der Waals surface area contributed by atoms with Crippen molar-refractivity contribution in [2.24, 2.45) is 0 Å². The molecule has 0 bridgehead atoms. The summed E-state index contributed by atoms with van der Waals surface area (Å²) in [5.74, 6) is 1.17. The van der Waals surface area contributed by atoms with E-state index in [1.54, 1.807) is 48.7 Å². The van der Waals surface area contributed by atoms with Gasteiger partial charge in [-0.2, -0.15) is 0 Å². The van der Waals surface area contributed by atoms with Gasteiger partial charge in [0.05, 0.1) is 22.6 Å². The highest BCUT2D eigenvalue weighted by Crippen LogP contribution is 2.37. The predicted molar refractivity (Wildman–Crippen MR) is 122 cm³/mol. The molecule has 3 heterocycles. The van der Waals surface area contributed by atoms with Gasteiger partial charge in [0.25, 0.3) is 10.0 Å². The van der Waals surface area contributed by atoms with E-state index >= 15 is 0 Å². The Hall–Kier alpha value is -3.10. The first-order valence-corrected chi connectivity index (χ1v) is 12.1. The van der Waals surface area contributed by atoms with Gasteiger partial charge in [-0.25, -0.2) is 8.42 Å². The highest BCUT2D eigenvalue weighted by atomic mass is 32.2. The van der Waals surface area contributed by atoms with Crippen molar-refractivity contribution in [3.05, 3.63) is 76.6 Å². The number of thiophene rings is 1. The summed E-state index contributed by atoms with van der Waals surface area (Å²) < 4.78 is 40.7. The third kappa shape index (κ3) is 3.62. The van der Waals surface area contributed by atoms with Crippen LogP contribution in [-0.2, 0) is 16.6 Å². The Morgan fingerprint density at radius 3 is 2.68 bits per heavy atom. The zero-order valence-corrected chi connectivity index (χ0v) is 18.4. The monoisotopic (exact) mass is 452 g/mol. The van der Waals surface area contributed by atoms with Crippen molar-refractivity contribution in [2.45, 2.75) is 18.4 Å². The zero-order chi connectivity index (χ0) is 21.4. The Kier molecular flexibility index (Phi) is 5.03. The lowest BCUT2D eigenvalue weighted by Crippen LogP contribution is -2.30. The Labute approximate surface area is 184 Å². The molecule has 0 atom stereocenters. The predicted octanol–water partition coefficient (Wildman–Crippen LogP) is 4.77. The molecule has 8 heteroatoms. The molecular weight excluding hydrogens is 432 g/mol. The minimum absolute atomic E-state index is 0.218. The molecule has 0 fully saturated rings. The van der Waals surface area contributed by atoms with E-state index < -0.39 is 10.0 Å². The normalized spacial score (nSPS) is 13.3. The van der Waals surface area contributed by atoms with Gasteiger partial charge in [-0.3, -0.25) is 9.29 Å². The number of hydrogen-bond acceptors (Lipinski definition) is 6. The summed E-state index contributed by atoms with van der Waals surface area (Å²) in [6.07, 6.45) is 1.68. The number of aromatic nitrogens is 1. The first-order chi connectivity index (χ1) is 15.0. The molecule has 31 heavy (non-hydrogen) atoms. The zero-order valence-electron chi connectivity index (χ0n) is 16.8. The van der Waals surface area contributed by atoms with Crippen LogP contribution in [0.4, 0.5) is 5.69 Å². The molecule has 2 aromatic heterocycles. The number of hydrogen-bond donors (Lipinski definition) is 0. The van der Waals surface area contributed by atoms with Crippen LogP contribution in [0.3, 0.4) is 0 Å². The maximum absolute atomic E-state index is 14.0. The van der Waals surface area contributed by atoms with Gasteiger partial charge in [0.1, 0.15) is 13.2 Å². The molecule has 4 aromatic rings. The van der Waals surface area contributed by atoms with Crippen molar-refractivity contribution in [1.29, 1.82) is 0 Å². The first kappa shape index (κ1) is 19.8. The number of pyridine rings is 1. The molecular formula is C23H20N2O4S2. The van der Waals surface area contributed by atoms with Crippen LogP contribution in [0, 0.1) is 6.92 Å². The largest absolute Gasteiger partial charge is 0.486 e. The average Bonchev–Trinajstić information content (AvgIpc) is 3.31. The van der Waals surface area contributed by atoms with E-state index in [-0.39, 0.29) is 11.4 Å². The molecule has 2 aromatic carbocycles. The molecule has 1 aliphatic rings. The van der Waals surface area contributed by atoms with Gasteiger partial charge >= 0.3 is 0 Å². The maximum atomic E-state index is 14.0. The quantitative estimate of drug-likeness (QED) is 0.436. The fourth-order valence-corrected chi connectivity index (χ4v) is 6.07. The maximum Gasteiger partial charge on any atom is 0.265 e. The highest BCUT2D eigenvalue weighted by Gasteiger charge is 2.29. The van der Waals surface area contributed by atoms with Crippen LogP contribution in [0.15, 0.2) is 71.1 Å². The standard InChI is InChI=1S/C23H20N2O4S2/c1-16-6-9-22(19-5-2-10-24-23(16)19)31(26,27)25(15-18-4-3-13-30-18)17-7-8-20-21(14-17)29-12-11-28-20/h2-10,13-14H,11-12,15H2,1H3. The van der Waals surface area contributed by atoms with Crippen LogP contribution >= 0.6 is 11.3 Å². The van der Waals surface area contributed by atoms with Gasteiger partial charge in [0, 0.05) is 22.5 Å². The van der Waals surface area contributed by atoms with Crippen LogP contribution in [0.25, 0.3) is 10.9 Å². The number of anilines is 1. The molecule has 0 spiro atoms. The number of aryl methyl sites for hydroxylation is 1. The second-order valence-electron chi connectivity index (χ2n) is 7.20. The minimum atomic E-state index is -3.90. The molecule has 0 N–H and O–H groups in total. The molecule has 5 rings (SSSR count). The number of fused-ring (bicyclic) bond motifs is 2. The van der Waals surface area contributed by atoms with Gasteiger partial charge in [0.15, 0.2) is 11.5 Å². The number of sulfonamides is 1. The average molecular weight is 453 g/mol. The fraction of sp³-hybridized carbons (Fsp3) is 0.174. The molecule has 0 unspecified atom stereocenters. The summed E-state index contributed by atoms with van der Waals surface area (Å²) >= 11 is 1.52. The van der Waals surface area contributed by atoms with Crippen molar-refractivity contribution >= 4 is 38.0 Å². The van der Waals surface area contributed by atoms with Crippen LogP contribution in [0.2, 0.25) is 0 Å². The molecule has 0 radical (unpaired) electrons. The van der Waals surface area contributed by atoms with E-state index in [1.807, 2.05) is 24.4 Å². The Bertz CT molecular complexity index is 1350. The van der Waals surface area contributed by atoms with E-state index in [0.29, 0.717) is 41.3 Å². The van der Waals surface area contributed by atoms with Crippen molar-refractivity contribution in [3.63, 3.8) is 0 Å². The second-order valence-corrected chi connectivity index (χ2v) is 10.1. The van der Waals surface area contributed by atoms with E-state index in [2.05, 4.69) is 4.98 Å². The van der Waals surface area contributed by atoms with Crippen molar-refractivity contribution in [3.8, 4) is 11.5 Å². The SMILES string of the molecule is Cc1ccc(S(=O)(=O)N(Cc2cccs2)c2ccc3c(c2)OCCO3)c2cccnc12. The topological polar surface area (TPSA) is 68.7 Å². The molecule has 1 aliphatic heterocycles. The fourth-order valence-electron chi connectivity index (χ4n) is 3.68. The Balaban J connectivity index is 1.67. The number of ether oxygens (including phenoxy) is 2. The first-order valence-electron chi connectivity index (χ1n) is 9.83. The smallest absolute Gasteiger partial charge is 0.265 e. The summed E-state index contributed by atoms with van der Waals surface area (Å²) in [5.41, 5.74) is 2.13. The molecule has 0 saturated heterocycles. The second kappa shape index (κ2) is 7.86. The third-order valence-corrected chi connectivity index (χ3v) is 7.89. The summed E-state index contributed by atoms with van der Waals surface area (Å²) in [5, 5.41) is 2.55. The molecule has 158 valence electrons. The summed E-state index contributed by atoms with van der Waals surface area (Å²) in [4.78, 5) is 5.57. The van der Waals surface area contributed by atoms with Crippen molar-refractivity contribution < 1.29 is 17.9 Å². The molecule has 0 amide bonds. The van der Waals surface area contributed by atoms with Crippen molar-refractivity contribution in [2.75, 3.05) is 17.5 Å². The van der Waals surface area contributed by atoms with Gasteiger partial charge in [-0.15, -0.1) is 11.3 Å². The summed E-state index contributed by atoms with van der Waals surface area (Å²) in [7, 11) is -3.90. The van der Waals surface area contributed by atoms with E-state index in [1.165, 1.54) is 15.6 Å². The van der Waals surface area contributed by atoms with Gasteiger partial charge in [0.2, 0.25) is 0 Å². The van der Waals surface area contributed by atoms with Crippen LogP contribution in [0.5, 0.6) is 11.5 Å². The lowest BCUT2D eigenvalue weighted by Gasteiger charge is -2.27. The van der Waals surface area contributed by atoms with Crippen LogP contribution in [0.1, 0.15) is 10.4 Å². The number of nitrogens with zero attached hydrogens (tertiary/aromatic N) is 2. The summed E-state index contributed by atoms with van der Waals surface area (Å²) in [6, 6.07) is 16.1. The van der Waals surface area contributed by atoms with E-state index in [4.69, 9.17) is 9.47 Å². The van der Waals surface area contributed by atoms with E-state index in [0.717, 1.165) is 10.4 Å². The van der Waals surface area contributed by atoms with Crippen molar-refractivity contribution in [1.82, 2.24) is 4.98 Å².